The number of nitrogens with one attached hydrogen (secondary N) is 3. The van der Waals surface area contributed by atoms with E-state index >= 15 is 0 Å². The second kappa shape index (κ2) is 9.47. The van der Waals surface area contributed by atoms with Gasteiger partial charge in [-0.3, -0.25) is 4.79 Å². The molecule has 0 radical (unpaired) electrons. The van der Waals surface area contributed by atoms with Gasteiger partial charge in [0.15, 0.2) is 0 Å². The first-order valence-electron chi connectivity index (χ1n) is 8.88. The van der Waals surface area contributed by atoms with Crippen LogP contribution in [0.25, 0.3) is 0 Å². The minimum Gasteiger partial charge on any atom is -0.368 e. The first-order valence-corrected chi connectivity index (χ1v) is 10.3. The Bertz CT molecular complexity index is 913. The number of anilines is 3. The van der Waals surface area contributed by atoms with Crippen molar-refractivity contribution in [3.8, 4) is 0 Å². The van der Waals surface area contributed by atoms with Crippen molar-refractivity contribution in [2.45, 2.75) is 25.2 Å². The summed E-state index contributed by atoms with van der Waals surface area (Å²) >= 11 is 0. The quantitative estimate of drug-likeness (QED) is 0.541. The van der Waals surface area contributed by atoms with Gasteiger partial charge >= 0.3 is 0 Å². The zero-order valence-electron chi connectivity index (χ0n) is 16.5. The van der Waals surface area contributed by atoms with Gasteiger partial charge in [-0.25, -0.2) is 17.7 Å². The first kappa shape index (κ1) is 21.6. The molecule has 28 heavy (non-hydrogen) atoms. The third-order valence-electron chi connectivity index (χ3n) is 3.93. The zero-order chi connectivity index (χ0) is 20.7. The summed E-state index contributed by atoms with van der Waals surface area (Å²) in [4.78, 5) is 19.9. The molecule has 0 fully saturated rings. The van der Waals surface area contributed by atoms with Gasteiger partial charge in [-0.2, -0.15) is 4.98 Å². The number of hydrogen-bond acceptors (Lipinski definition) is 7. The monoisotopic (exact) mass is 406 g/mol. The van der Waals surface area contributed by atoms with E-state index in [-0.39, 0.29) is 10.8 Å². The Morgan fingerprint density at radius 2 is 1.82 bits per heavy atom. The molecule has 0 unspecified atom stereocenters. The Balaban J connectivity index is 2.11. The summed E-state index contributed by atoms with van der Waals surface area (Å²) in [6.45, 7) is 4.52. The van der Waals surface area contributed by atoms with Crippen LogP contribution in [0.2, 0.25) is 0 Å². The van der Waals surface area contributed by atoms with E-state index in [1.165, 1.54) is 37.5 Å². The molecule has 1 aromatic carbocycles. The van der Waals surface area contributed by atoms with Crippen molar-refractivity contribution < 1.29 is 13.2 Å². The van der Waals surface area contributed by atoms with Crippen molar-refractivity contribution in [2.24, 2.45) is 0 Å². The number of amides is 1. The van der Waals surface area contributed by atoms with Crippen LogP contribution in [0.5, 0.6) is 0 Å². The Morgan fingerprint density at radius 1 is 1.14 bits per heavy atom. The minimum atomic E-state index is -3.47. The van der Waals surface area contributed by atoms with E-state index in [4.69, 9.17) is 0 Å². The molecule has 0 aliphatic heterocycles. The van der Waals surface area contributed by atoms with Crippen LogP contribution in [-0.4, -0.2) is 55.8 Å². The molecular weight excluding hydrogens is 380 g/mol. The second-order valence-electron chi connectivity index (χ2n) is 6.27. The maximum Gasteiger partial charge on any atom is 0.242 e. The molecule has 0 saturated carbocycles. The van der Waals surface area contributed by atoms with E-state index in [1.54, 1.807) is 18.3 Å². The highest BCUT2D eigenvalue weighted by Gasteiger charge is 2.16. The third kappa shape index (κ3) is 5.64. The van der Waals surface area contributed by atoms with Crippen LogP contribution >= 0.6 is 0 Å². The summed E-state index contributed by atoms with van der Waals surface area (Å²) in [5, 5.41) is 8.99. The van der Waals surface area contributed by atoms with E-state index in [2.05, 4.69) is 25.9 Å². The SMILES string of the molecule is CCc1cnc(Nc2ccc(S(=O)(=O)N(C)C)cc2)nc1NCCNC(C)=O. The summed E-state index contributed by atoms with van der Waals surface area (Å²) in [5.74, 6) is 1.00. The summed E-state index contributed by atoms with van der Waals surface area (Å²) in [6, 6.07) is 6.39. The molecule has 10 heteroatoms. The molecule has 2 rings (SSSR count). The minimum absolute atomic E-state index is 0.0812. The molecule has 1 amide bonds. The van der Waals surface area contributed by atoms with Crippen LogP contribution in [0.4, 0.5) is 17.5 Å². The van der Waals surface area contributed by atoms with Crippen molar-refractivity contribution in [3.05, 3.63) is 36.0 Å². The number of nitrogens with zero attached hydrogens (tertiary/aromatic N) is 3. The molecule has 0 aliphatic carbocycles. The number of carbonyl (C=O) groups is 1. The maximum absolute atomic E-state index is 12.1. The Morgan fingerprint density at radius 3 is 2.39 bits per heavy atom. The predicted octanol–water partition coefficient (Wildman–Crippen LogP) is 1.58. The number of benzene rings is 1. The van der Waals surface area contributed by atoms with E-state index in [9.17, 15) is 13.2 Å². The average molecular weight is 407 g/mol. The number of rotatable bonds is 9. The average Bonchev–Trinajstić information content (AvgIpc) is 2.65. The van der Waals surface area contributed by atoms with Gasteiger partial charge in [0, 0.05) is 51.6 Å². The van der Waals surface area contributed by atoms with E-state index < -0.39 is 10.0 Å². The fourth-order valence-electron chi connectivity index (χ4n) is 2.35. The van der Waals surface area contributed by atoms with E-state index in [0.717, 1.165) is 12.0 Å². The topological polar surface area (TPSA) is 116 Å². The van der Waals surface area contributed by atoms with Gasteiger partial charge < -0.3 is 16.0 Å². The van der Waals surface area contributed by atoms with Crippen LogP contribution in [-0.2, 0) is 21.2 Å². The standard InChI is InChI=1S/C18H26N6O3S/c1-5-14-12-21-18(23-17(14)20-11-10-19-13(2)25)22-15-6-8-16(9-7-15)28(26,27)24(3)4/h6-9,12H,5,10-11H2,1-4H3,(H,19,25)(H2,20,21,22,23). The lowest BCUT2D eigenvalue weighted by molar-refractivity contribution is -0.118. The Kier molecular flexibility index (Phi) is 7.30. The lowest BCUT2D eigenvalue weighted by Gasteiger charge is -2.13. The molecule has 0 atom stereocenters. The zero-order valence-corrected chi connectivity index (χ0v) is 17.3. The molecule has 152 valence electrons. The summed E-state index contributed by atoms with van der Waals surface area (Å²) < 4.78 is 25.4. The van der Waals surface area contributed by atoms with Gasteiger partial charge in [-0.15, -0.1) is 0 Å². The molecule has 1 aromatic heterocycles. The molecular formula is C18H26N6O3S. The molecule has 9 nitrogen and oxygen atoms in total. The Labute approximate surface area is 165 Å². The van der Waals surface area contributed by atoms with Gasteiger partial charge in [0.1, 0.15) is 5.82 Å². The lowest BCUT2D eigenvalue weighted by Crippen LogP contribution is -2.26. The number of aryl methyl sites for hydroxylation is 1. The fourth-order valence-corrected chi connectivity index (χ4v) is 3.25. The smallest absolute Gasteiger partial charge is 0.242 e. The number of sulfonamides is 1. The molecule has 0 spiro atoms. The number of carbonyl (C=O) groups excluding carboxylic acids is 1. The first-order chi connectivity index (χ1) is 13.2. The van der Waals surface area contributed by atoms with Crippen LogP contribution in [0, 0.1) is 0 Å². The summed E-state index contributed by atoms with van der Waals surface area (Å²) in [5.41, 5.74) is 1.63. The van der Waals surface area contributed by atoms with Gasteiger partial charge in [-0.05, 0) is 30.7 Å². The molecule has 2 aromatic rings. The van der Waals surface area contributed by atoms with Crippen LogP contribution in [0.1, 0.15) is 19.4 Å². The summed E-state index contributed by atoms with van der Waals surface area (Å²) in [6.07, 6.45) is 2.50. The van der Waals surface area contributed by atoms with Crippen molar-refractivity contribution >= 4 is 33.4 Å². The largest absolute Gasteiger partial charge is 0.368 e. The van der Waals surface area contributed by atoms with E-state index in [1.807, 2.05) is 6.92 Å². The van der Waals surface area contributed by atoms with Crippen LogP contribution in [0.3, 0.4) is 0 Å². The summed E-state index contributed by atoms with van der Waals surface area (Å²) in [7, 11) is -0.485. The fraction of sp³-hybridized carbons (Fsp3) is 0.389. The van der Waals surface area contributed by atoms with Crippen molar-refractivity contribution in [1.82, 2.24) is 19.6 Å². The highest BCUT2D eigenvalue weighted by atomic mass is 32.2. The van der Waals surface area contributed by atoms with Crippen LogP contribution in [0.15, 0.2) is 35.4 Å². The maximum atomic E-state index is 12.1. The molecule has 0 bridgehead atoms. The molecule has 0 saturated heterocycles. The predicted molar refractivity (Wildman–Crippen MR) is 109 cm³/mol. The molecule has 3 N–H and O–H groups in total. The van der Waals surface area contributed by atoms with Crippen LogP contribution < -0.4 is 16.0 Å². The van der Waals surface area contributed by atoms with Gasteiger partial charge in [0.2, 0.25) is 21.9 Å². The lowest BCUT2D eigenvalue weighted by atomic mass is 10.2. The Hall–Kier alpha value is -2.72. The van der Waals surface area contributed by atoms with Gasteiger partial charge in [0.25, 0.3) is 0 Å². The molecule has 0 aliphatic rings. The number of aromatic nitrogens is 2. The van der Waals surface area contributed by atoms with Gasteiger partial charge in [0.05, 0.1) is 4.90 Å². The van der Waals surface area contributed by atoms with Crippen molar-refractivity contribution in [3.63, 3.8) is 0 Å². The number of hydrogen-bond donors (Lipinski definition) is 3. The van der Waals surface area contributed by atoms with Gasteiger partial charge in [-0.1, -0.05) is 6.92 Å². The second-order valence-corrected chi connectivity index (χ2v) is 8.42. The molecule has 1 heterocycles. The van der Waals surface area contributed by atoms with Crippen molar-refractivity contribution in [2.75, 3.05) is 37.8 Å². The highest BCUT2D eigenvalue weighted by Crippen LogP contribution is 2.20. The highest BCUT2D eigenvalue weighted by molar-refractivity contribution is 7.89. The normalized spacial score (nSPS) is 11.3. The van der Waals surface area contributed by atoms with Crippen molar-refractivity contribution in [1.29, 1.82) is 0 Å². The van der Waals surface area contributed by atoms with E-state index in [0.29, 0.717) is 30.5 Å². The third-order valence-corrected chi connectivity index (χ3v) is 5.76.